The molecule has 0 saturated carbocycles. The second-order valence-electron chi connectivity index (χ2n) is 1.72. The number of carboxylic acid groups (broad SMARTS) is 6. The zero-order valence-corrected chi connectivity index (χ0v) is 13.3. The van der Waals surface area contributed by atoms with Crippen molar-refractivity contribution in [3.8, 4) is 0 Å². The van der Waals surface area contributed by atoms with Gasteiger partial charge in [-0.2, -0.15) is 0 Å². The normalized spacial score (nSPS) is 6.60. The molecule has 0 aromatic carbocycles. The van der Waals surface area contributed by atoms with E-state index in [0.717, 1.165) is 0 Å². The Hall–Kier alpha value is -0.271. The second-order valence-corrected chi connectivity index (χ2v) is 1.72. The van der Waals surface area contributed by atoms with Gasteiger partial charge in [-0.15, -0.1) is 0 Å². The predicted molar refractivity (Wildman–Crippen MR) is 30.0 cm³/mol. The molecule has 20 heavy (non-hydrogen) atoms. The molecule has 0 aromatic rings. The zero-order chi connectivity index (χ0) is 15.5. The topological polar surface area (TPSA) is 241 Å². The van der Waals surface area contributed by atoms with Gasteiger partial charge in [-0.25, -0.2) is 0 Å². The quantitative estimate of drug-likeness (QED) is 0.245. The smallest absolute Gasteiger partial charge is 0.543 e. The third-order valence-electron chi connectivity index (χ3n) is 0.500. The van der Waals surface area contributed by atoms with Crippen LogP contribution < -0.4 is 30.6 Å². The van der Waals surface area contributed by atoms with E-state index in [1.54, 1.807) is 0 Å². The average molecular weight is 573 g/mol. The molecular weight excluding hydrogens is 573 g/mol. The van der Waals surface area contributed by atoms with Gasteiger partial charge < -0.3 is 59.4 Å². The maximum absolute atomic E-state index is 8.93. The Morgan fingerprint density at radius 3 is 0.450 bits per heavy atom. The third-order valence-corrected chi connectivity index (χ3v) is 0.500. The SMILES string of the molecule is O=C([O-])C(=O)[O-].O=C([O-])C(=O)[O-].O=C([O-])C(=O)[O-].[Eu+3].[Gd+3]. The molecule has 0 N–H and O–H groups in total. The summed E-state index contributed by atoms with van der Waals surface area (Å²) in [5.74, 6) is -13.1. The van der Waals surface area contributed by atoms with E-state index in [2.05, 4.69) is 0 Å². The molecule has 12 nitrogen and oxygen atoms in total. The summed E-state index contributed by atoms with van der Waals surface area (Å²) >= 11 is 0. The Morgan fingerprint density at radius 2 is 0.450 bits per heavy atom. The van der Waals surface area contributed by atoms with E-state index in [1.165, 1.54) is 0 Å². The number of hydrogen-bond donors (Lipinski definition) is 0. The summed E-state index contributed by atoms with van der Waals surface area (Å²) < 4.78 is 0. The van der Waals surface area contributed by atoms with Gasteiger partial charge in [0.05, 0.1) is 35.8 Å². The molecule has 0 bridgehead atoms. The van der Waals surface area contributed by atoms with Crippen molar-refractivity contribution in [3.05, 3.63) is 0 Å². The summed E-state index contributed by atoms with van der Waals surface area (Å²) in [5.41, 5.74) is 0. The van der Waals surface area contributed by atoms with E-state index < -0.39 is 35.8 Å². The maximum Gasteiger partial charge on any atom is 3.00 e. The van der Waals surface area contributed by atoms with Crippen molar-refractivity contribution in [3.63, 3.8) is 0 Å². The molecule has 0 aromatic heterocycles. The molecule has 0 fully saturated rings. The van der Waals surface area contributed by atoms with Crippen molar-refractivity contribution >= 4 is 35.8 Å². The van der Waals surface area contributed by atoms with Gasteiger partial charge in [0.15, 0.2) is 0 Å². The zero-order valence-electron chi connectivity index (χ0n) is 8.63. The van der Waals surface area contributed by atoms with Crippen LogP contribution in [0, 0.1) is 89.3 Å². The maximum atomic E-state index is 8.93. The van der Waals surface area contributed by atoms with Crippen molar-refractivity contribution < 1.29 is 149 Å². The van der Waals surface area contributed by atoms with E-state index >= 15 is 0 Å². The minimum atomic E-state index is -2.19. The molecule has 0 saturated heterocycles. The van der Waals surface area contributed by atoms with E-state index in [0.29, 0.717) is 0 Å². The van der Waals surface area contributed by atoms with Crippen molar-refractivity contribution in [2.45, 2.75) is 0 Å². The minimum Gasteiger partial charge on any atom is -0.543 e. The molecule has 0 aliphatic rings. The Bertz CT molecular complexity index is 283. The number of carbonyl (C=O) groups is 6. The van der Waals surface area contributed by atoms with E-state index in [1.807, 2.05) is 0 Å². The molecule has 0 aliphatic heterocycles. The molecule has 0 heterocycles. The molecule has 0 rings (SSSR count). The molecule has 1 radical (unpaired) electrons. The summed E-state index contributed by atoms with van der Waals surface area (Å²) in [6.45, 7) is 0. The van der Waals surface area contributed by atoms with E-state index in [-0.39, 0.29) is 89.3 Å². The fourth-order valence-electron chi connectivity index (χ4n) is 0. The summed E-state index contributed by atoms with van der Waals surface area (Å²) in [6, 6.07) is 0. The summed E-state index contributed by atoms with van der Waals surface area (Å²) in [4.78, 5) is 53.6. The number of hydrogen-bond acceptors (Lipinski definition) is 12. The van der Waals surface area contributed by atoms with Crippen LogP contribution in [-0.4, -0.2) is 35.8 Å². The van der Waals surface area contributed by atoms with Gasteiger partial charge in [0.25, 0.3) is 0 Å². The van der Waals surface area contributed by atoms with Crippen molar-refractivity contribution in [2.75, 3.05) is 0 Å². The number of aliphatic carboxylic acids is 6. The fraction of sp³-hybridized carbons (Fsp3) is 0. The average Bonchev–Trinajstić information content (AvgIpc) is 2.18. The van der Waals surface area contributed by atoms with Crippen LogP contribution in [0.1, 0.15) is 0 Å². The monoisotopic (exact) mass is 575 g/mol. The molecule has 0 unspecified atom stereocenters. The summed E-state index contributed by atoms with van der Waals surface area (Å²) in [6.07, 6.45) is 0. The fourth-order valence-corrected chi connectivity index (χ4v) is 0. The van der Waals surface area contributed by atoms with Gasteiger partial charge in [0.1, 0.15) is 0 Å². The van der Waals surface area contributed by atoms with Crippen LogP contribution in [0.5, 0.6) is 0 Å². The number of carboxylic acids is 6. The second kappa shape index (κ2) is 18.7. The number of rotatable bonds is 0. The first kappa shape index (κ1) is 31.9. The van der Waals surface area contributed by atoms with Crippen LogP contribution in [0.2, 0.25) is 0 Å². The first-order chi connectivity index (χ1) is 7.93. The van der Waals surface area contributed by atoms with Gasteiger partial charge in [0.2, 0.25) is 0 Å². The van der Waals surface area contributed by atoms with Gasteiger partial charge in [-0.3, -0.25) is 0 Å². The van der Waals surface area contributed by atoms with E-state index in [4.69, 9.17) is 59.4 Å². The number of carbonyl (C=O) groups excluding carboxylic acids is 6. The van der Waals surface area contributed by atoms with Crippen LogP contribution in [0.3, 0.4) is 0 Å². The standard InChI is InChI=1S/3C2H2O4.Eu.Gd/c3*3-1(4)2(5)6;;/h3*(H,3,4)(H,5,6);;/q;;;2*+3/p-6. The first-order valence-corrected chi connectivity index (χ1v) is 3.20. The van der Waals surface area contributed by atoms with Crippen LogP contribution in [0.4, 0.5) is 0 Å². The Labute approximate surface area is 182 Å². The molecule has 0 atom stereocenters. The van der Waals surface area contributed by atoms with Gasteiger partial charge in [-0.05, 0) is 0 Å². The van der Waals surface area contributed by atoms with Crippen LogP contribution in [0.15, 0.2) is 0 Å². The van der Waals surface area contributed by atoms with Crippen LogP contribution >= 0.6 is 0 Å². The molecule has 14 heteroatoms. The first-order valence-electron chi connectivity index (χ1n) is 3.20. The van der Waals surface area contributed by atoms with Crippen molar-refractivity contribution in [2.24, 2.45) is 0 Å². The van der Waals surface area contributed by atoms with Gasteiger partial charge in [0, 0.05) is 0 Å². The minimum absolute atomic E-state index is 0. The van der Waals surface area contributed by atoms with Gasteiger partial charge in [-0.1, -0.05) is 0 Å². The summed E-state index contributed by atoms with van der Waals surface area (Å²) in [7, 11) is 0. The van der Waals surface area contributed by atoms with Crippen LogP contribution in [0.25, 0.3) is 0 Å². The Balaban J connectivity index is -0.0000000536. The molecule has 111 valence electrons. The van der Waals surface area contributed by atoms with Crippen molar-refractivity contribution in [1.82, 2.24) is 0 Å². The largest absolute Gasteiger partial charge is 3.00 e. The summed E-state index contributed by atoms with van der Waals surface area (Å²) in [5, 5.41) is 53.6. The van der Waals surface area contributed by atoms with Gasteiger partial charge >= 0.3 is 89.3 Å². The Kier molecular flexibility index (Phi) is 29.9. The van der Waals surface area contributed by atoms with E-state index in [9.17, 15) is 0 Å². The van der Waals surface area contributed by atoms with Crippen LogP contribution in [-0.2, 0) is 28.8 Å². The third kappa shape index (κ3) is 36.1. The molecule has 0 aliphatic carbocycles. The Morgan fingerprint density at radius 1 is 0.400 bits per heavy atom. The molecular formula is C6EuGdO12. The molecule has 0 amide bonds. The van der Waals surface area contributed by atoms with Crippen molar-refractivity contribution in [1.29, 1.82) is 0 Å². The molecule has 0 spiro atoms. The predicted octanol–water partition coefficient (Wildman–Crippen LogP) is -10.5.